The number of halogens is 1. The highest BCUT2D eigenvalue weighted by Crippen LogP contribution is 2.08. The van der Waals surface area contributed by atoms with Crippen LogP contribution < -0.4 is 16.2 Å². The summed E-state index contributed by atoms with van der Waals surface area (Å²) in [7, 11) is 3.95. The minimum atomic E-state index is -0.270. The summed E-state index contributed by atoms with van der Waals surface area (Å²) in [5.74, 6) is -0.270. The van der Waals surface area contributed by atoms with E-state index in [2.05, 4.69) is 16.2 Å². The third kappa shape index (κ3) is 6.37. The summed E-state index contributed by atoms with van der Waals surface area (Å²) in [4.78, 5) is 13.8. The standard InChI is InChI=1S/C12H17ClN4OS/c1-17(2)8-7-14-12(19)16-15-11(18)9-3-5-10(13)6-4-9/h3-6H,7-8H2,1-2H3,(H,15,18)(H2,14,16,19). The van der Waals surface area contributed by atoms with Crippen molar-refractivity contribution in [1.82, 2.24) is 21.1 Å². The van der Waals surface area contributed by atoms with E-state index in [1.54, 1.807) is 24.3 Å². The quantitative estimate of drug-likeness (QED) is 0.572. The highest BCUT2D eigenvalue weighted by Gasteiger charge is 2.05. The minimum absolute atomic E-state index is 0.270. The van der Waals surface area contributed by atoms with Crippen LogP contribution in [0.15, 0.2) is 24.3 Å². The van der Waals surface area contributed by atoms with Crippen molar-refractivity contribution in [1.29, 1.82) is 0 Å². The molecular weight excluding hydrogens is 284 g/mol. The lowest BCUT2D eigenvalue weighted by Gasteiger charge is -2.13. The SMILES string of the molecule is CN(C)CCNC(=S)NNC(=O)c1ccc(Cl)cc1. The van der Waals surface area contributed by atoms with Gasteiger partial charge in [0.25, 0.3) is 5.91 Å². The molecule has 0 aliphatic rings. The van der Waals surface area contributed by atoms with E-state index in [4.69, 9.17) is 23.8 Å². The molecule has 0 atom stereocenters. The van der Waals surface area contributed by atoms with E-state index in [0.717, 1.165) is 6.54 Å². The molecule has 7 heteroatoms. The first-order chi connectivity index (χ1) is 8.99. The summed E-state index contributed by atoms with van der Waals surface area (Å²) in [6.07, 6.45) is 0. The monoisotopic (exact) mass is 300 g/mol. The van der Waals surface area contributed by atoms with E-state index in [-0.39, 0.29) is 5.91 Å². The van der Waals surface area contributed by atoms with Gasteiger partial charge in [-0.05, 0) is 50.6 Å². The summed E-state index contributed by atoms with van der Waals surface area (Å²) in [5, 5.41) is 3.94. The molecule has 19 heavy (non-hydrogen) atoms. The molecule has 1 rings (SSSR count). The van der Waals surface area contributed by atoms with Gasteiger partial charge in [-0.1, -0.05) is 11.6 Å². The normalized spacial score (nSPS) is 10.1. The Hall–Kier alpha value is -1.37. The molecule has 0 radical (unpaired) electrons. The van der Waals surface area contributed by atoms with Crippen molar-refractivity contribution in [2.75, 3.05) is 27.2 Å². The molecular formula is C12H17ClN4OS. The summed E-state index contributed by atoms with van der Waals surface area (Å²) >= 11 is 10.8. The van der Waals surface area contributed by atoms with E-state index in [1.807, 2.05) is 19.0 Å². The maximum absolute atomic E-state index is 11.7. The van der Waals surface area contributed by atoms with Crippen LogP contribution in [0.1, 0.15) is 10.4 Å². The van der Waals surface area contributed by atoms with Crippen molar-refractivity contribution in [2.45, 2.75) is 0 Å². The molecule has 0 saturated heterocycles. The van der Waals surface area contributed by atoms with Gasteiger partial charge >= 0.3 is 0 Å². The van der Waals surface area contributed by atoms with Crippen LogP contribution in [-0.4, -0.2) is 43.1 Å². The summed E-state index contributed by atoms with van der Waals surface area (Å²) < 4.78 is 0. The Bertz CT molecular complexity index is 436. The van der Waals surface area contributed by atoms with Gasteiger partial charge in [0.1, 0.15) is 0 Å². The zero-order valence-corrected chi connectivity index (χ0v) is 12.4. The van der Waals surface area contributed by atoms with Crippen LogP contribution in [0.4, 0.5) is 0 Å². The average Bonchev–Trinajstić information content (AvgIpc) is 2.36. The fourth-order valence-electron chi connectivity index (χ4n) is 1.22. The van der Waals surface area contributed by atoms with Gasteiger partial charge in [0.2, 0.25) is 0 Å². The molecule has 0 aliphatic heterocycles. The smallest absolute Gasteiger partial charge is 0.269 e. The molecule has 0 heterocycles. The Labute approximate surface area is 123 Å². The number of nitrogens with one attached hydrogen (secondary N) is 3. The number of carbonyl (C=O) groups is 1. The highest BCUT2D eigenvalue weighted by atomic mass is 35.5. The fraction of sp³-hybridized carbons (Fsp3) is 0.333. The molecule has 0 unspecified atom stereocenters. The van der Waals surface area contributed by atoms with Crippen molar-refractivity contribution in [3.05, 3.63) is 34.9 Å². The number of hydrogen-bond donors (Lipinski definition) is 3. The molecule has 1 amide bonds. The molecule has 0 bridgehead atoms. The zero-order valence-electron chi connectivity index (χ0n) is 10.9. The maximum Gasteiger partial charge on any atom is 0.269 e. The highest BCUT2D eigenvalue weighted by molar-refractivity contribution is 7.80. The molecule has 0 spiro atoms. The summed E-state index contributed by atoms with van der Waals surface area (Å²) in [6.45, 7) is 1.56. The number of nitrogens with zero attached hydrogens (tertiary/aromatic N) is 1. The summed E-state index contributed by atoms with van der Waals surface area (Å²) in [6, 6.07) is 6.60. The second-order valence-electron chi connectivity index (χ2n) is 4.15. The van der Waals surface area contributed by atoms with Gasteiger partial charge in [0, 0.05) is 23.7 Å². The van der Waals surface area contributed by atoms with Crippen LogP contribution in [0.25, 0.3) is 0 Å². The second-order valence-corrected chi connectivity index (χ2v) is 4.99. The van der Waals surface area contributed by atoms with Crippen molar-refractivity contribution in [3.63, 3.8) is 0 Å². The minimum Gasteiger partial charge on any atom is -0.360 e. The second kappa shape index (κ2) is 7.93. The Morgan fingerprint density at radius 1 is 1.26 bits per heavy atom. The Morgan fingerprint density at radius 3 is 2.47 bits per heavy atom. The summed E-state index contributed by atoms with van der Waals surface area (Å²) in [5.41, 5.74) is 5.65. The first kappa shape index (κ1) is 15.7. The largest absolute Gasteiger partial charge is 0.360 e. The number of thiocarbonyl (C=S) groups is 1. The van der Waals surface area contributed by atoms with E-state index in [1.165, 1.54) is 0 Å². The van der Waals surface area contributed by atoms with Crippen LogP contribution in [0.5, 0.6) is 0 Å². The van der Waals surface area contributed by atoms with Gasteiger partial charge in [-0.25, -0.2) is 0 Å². The van der Waals surface area contributed by atoms with Crippen LogP contribution in [0, 0.1) is 0 Å². The molecule has 1 aromatic rings. The molecule has 5 nitrogen and oxygen atoms in total. The van der Waals surface area contributed by atoms with Crippen molar-refractivity contribution < 1.29 is 4.79 Å². The number of carbonyl (C=O) groups excluding carboxylic acids is 1. The van der Waals surface area contributed by atoms with Crippen LogP contribution in [0.2, 0.25) is 5.02 Å². The Morgan fingerprint density at radius 2 is 1.89 bits per heavy atom. The third-order valence-electron chi connectivity index (χ3n) is 2.24. The number of hydrogen-bond acceptors (Lipinski definition) is 3. The van der Waals surface area contributed by atoms with Crippen LogP contribution in [-0.2, 0) is 0 Å². The first-order valence-electron chi connectivity index (χ1n) is 5.73. The van der Waals surface area contributed by atoms with Gasteiger partial charge in [-0.3, -0.25) is 15.6 Å². The third-order valence-corrected chi connectivity index (χ3v) is 2.74. The van der Waals surface area contributed by atoms with E-state index >= 15 is 0 Å². The number of rotatable bonds is 4. The molecule has 0 aliphatic carbocycles. The first-order valence-corrected chi connectivity index (χ1v) is 6.52. The van der Waals surface area contributed by atoms with Crippen molar-refractivity contribution in [2.24, 2.45) is 0 Å². The molecule has 0 fully saturated rings. The number of amides is 1. The number of benzene rings is 1. The topological polar surface area (TPSA) is 56.4 Å². The lowest BCUT2D eigenvalue weighted by atomic mass is 10.2. The van der Waals surface area contributed by atoms with Crippen molar-refractivity contribution in [3.8, 4) is 0 Å². The van der Waals surface area contributed by atoms with Gasteiger partial charge in [0.15, 0.2) is 5.11 Å². The predicted molar refractivity (Wildman–Crippen MR) is 81.2 cm³/mol. The molecule has 1 aromatic carbocycles. The predicted octanol–water partition coefficient (Wildman–Crippen LogP) is 1.01. The van der Waals surface area contributed by atoms with Gasteiger partial charge in [-0.2, -0.15) is 0 Å². The maximum atomic E-state index is 11.7. The van der Waals surface area contributed by atoms with E-state index in [9.17, 15) is 4.79 Å². The van der Waals surface area contributed by atoms with Gasteiger partial charge in [-0.15, -0.1) is 0 Å². The lowest BCUT2D eigenvalue weighted by molar-refractivity contribution is 0.0943. The number of likely N-dealkylation sites (N-methyl/N-ethyl adjacent to an activating group) is 1. The van der Waals surface area contributed by atoms with Crippen LogP contribution in [0.3, 0.4) is 0 Å². The molecule has 0 saturated carbocycles. The van der Waals surface area contributed by atoms with E-state index in [0.29, 0.717) is 22.2 Å². The van der Waals surface area contributed by atoms with Crippen LogP contribution >= 0.6 is 23.8 Å². The van der Waals surface area contributed by atoms with Gasteiger partial charge in [0.05, 0.1) is 0 Å². The number of hydrazine groups is 1. The van der Waals surface area contributed by atoms with Gasteiger partial charge < -0.3 is 10.2 Å². The molecule has 3 N–H and O–H groups in total. The lowest BCUT2D eigenvalue weighted by Crippen LogP contribution is -2.47. The molecule has 0 aromatic heterocycles. The van der Waals surface area contributed by atoms with E-state index < -0.39 is 0 Å². The Kier molecular flexibility index (Phi) is 6.55. The molecule has 104 valence electrons. The average molecular weight is 301 g/mol. The zero-order chi connectivity index (χ0) is 14.3. The fourth-order valence-corrected chi connectivity index (χ4v) is 1.50. The Balaban J connectivity index is 2.30. The van der Waals surface area contributed by atoms with Crippen molar-refractivity contribution >= 4 is 34.8 Å².